The number of nitrogens with zero attached hydrogens (tertiary/aromatic N) is 1. The maximum Gasteiger partial charge on any atom is 0.573 e. The number of alkyl halides is 3. The molecule has 0 radical (unpaired) electrons. The predicted octanol–water partition coefficient (Wildman–Crippen LogP) is 2.43. The topological polar surface area (TPSA) is 49.8 Å². The molecule has 0 bridgehead atoms. The summed E-state index contributed by atoms with van der Waals surface area (Å²) in [5, 5.41) is 9.62. The summed E-state index contributed by atoms with van der Waals surface area (Å²) in [5.74, 6) is -0.959. The second-order valence-electron chi connectivity index (χ2n) is 5.05. The number of likely N-dealkylation sites (N-methyl/N-ethyl adjacent to an activating group) is 1. The lowest BCUT2D eigenvalue weighted by molar-refractivity contribution is -0.274. The van der Waals surface area contributed by atoms with E-state index in [-0.39, 0.29) is 12.1 Å². The number of carbonyl (C=O) groups excluding carboxylic acids is 1. The van der Waals surface area contributed by atoms with E-state index in [0.717, 1.165) is 12.1 Å². The van der Waals surface area contributed by atoms with Crippen LogP contribution >= 0.6 is 0 Å². The summed E-state index contributed by atoms with van der Waals surface area (Å²) < 4.78 is 40.1. The quantitative estimate of drug-likeness (QED) is 0.927. The van der Waals surface area contributed by atoms with Gasteiger partial charge in [0.1, 0.15) is 5.75 Å². The monoisotopic (exact) mass is 291 g/mol. The van der Waals surface area contributed by atoms with E-state index in [9.17, 15) is 23.1 Å². The molecule has 0 unspecified atom stereocenters. The normalized spacial score (nSPS) is 12.2. The minimum absolute atomic E-state index is 0.0518. The number of rotatable bonds is 4. The van der Waals surface area contributed by atoms with Crippen molar-refractivity contribution < 1.29 is 27.8 Å². The molecule has 7 heteroatoms. The first-order chi connectivity index (χ1) is 8.98. The zero-order valence-electron chi connectivity index (χ0n) is 11.4. The molecule has 0 saturated carbocycles. The summed E-state index contributed by atoms with van der Waals surface area (Å²) in [5.41, 5.74) is -1.04. The third kappa shape index (κ3) is 5.48. The Balaban J connectivity index is 2.86. The van der Waals surface area contributed by atoms with E-state index < -0.39 is 23.6 Å². The van der Waals surface area contributed by atoms with Crippen LogP contribution < -0.4 is 4.74 Å². The van der Waals surface area contributed by atoms with E-state index in [2.05, 4.69) is 4.74 Å². The second-order valence-corrected chi connectivity index (χ2v) is 5.05. The van der Waals surface area contributed by atoms with E-state index in [0.29, 0.717) is 0 Å². The van der Waals surface area contributed by atoms with Crippen molar-refractivity contribution in [2.75, 3.05) is 13.6 Å². The SMILES string of the molecule is CN(CC(C)(C)O)C(=O)c1cccc(OC(F)(F)F)c1. The number of benzene rings is 1. The molecule has 0 aliphatic carbocycles. The molecule has 1 N–H and O–H groups in total. The number of hydrogen-bond donors (Lipinski definition) is 1. The zero-order chi connectivity index (χ0) is 15.6. The Bertz CT molecular complexity index is 480. The van der Waals surface area contributed by atoms with Crippen LogP contribution in [0.3, 0.4) is 0 Å². The summed E-state index contributed by atoms with van der Waals surface area (Å²) in [4.78, 5) is 13.2. The average Bonchev–Trinajstić information content (AvgIpc) is 2.23. The lowest BCUT2D eigenvalue weighted by Crippen LogP contribution is -2.39. The molecule has 1 rings (SSSR count). The third-order valence-electron chi connectivity index (χ3n) is 2.29. The summed E-state index contributed by atoms with van der Waals surface area (Å²) >= 11 is 0. The second kappa shape index (κ2) is 5.70. The van der Waals surface area contributed by atoms with Gasteiger partial charge in [0.25, 0.3) is 5.91 Å². The fraction of sp³-hybridized carbons (Fsp3) is 0.462. The Labute approximate surface area is 114 Å². The zero-order valence-corrected chi connectivity index (χ0v) is 11.4. The average molecular weight is 291 g/mol. The fourth-order valence-corrected chi connectivity index (χ4v) is 1.70. The number of aliphatic hydroxyl groups is 1. The third-order valence-corrected chi connectivity index (χ3v) is 2.29. The van der Waals surface area contributed by atoms with Gasteiger partial charge < -0.3 is 14.7 Å². The largest absolute Gasteiger partial charge is 0.573 e. The first kappa shape index (κ1) is 16.3. The highest BCUT2D eigenvalue weighted by atomic mass is 19.4. The molecule has 0 aliphatic rings. The molecule has 0 fully saturated rings. The van der Waals surface area contributed by atoms with Crippen LogP contribution in [0.15, 0.2) is 24.3 Å². The van der Waals surface area contributed by atoms with E-state index in [4.69, 9.17) is 0 Å². The lowest BCUT2D eigenvalue weighted by atomic mass is 10.1. The number of ether oxygens (including phenoxy) is 1. The highest BCUT2D eigenvalue weighted by molar-refractivity contribution is 5.94. The molecule has 112 valence electrons. The molecule has 20 heavy (non-hydrogen) atoms. The van der Waals surface area contributed by atoms with Crippen LogP contribution in [0.25, 0.3) is 0 Å². The van der Waals surface area contributed by atoms with E-state index in [1.165, 1.54) is 37.9 Å². The molecule has 4 nitrogen and oxygen atoms in total. The Morgan fingerprint density at radius 2 is 1.95 bits per heavy atom. The predicted molar refractivity (Wildman–Crippen MR) is 66.4 cm³/mol. The summed E-state index contributed by atoms with van der Waals surface area (Å²) in [6.45, 7) is 3.11. The van der Waals surface area contributed by atoms with Gasteiger partial charge in [0.2, 0.25) is 0 Å². The molecule has 1 aromatic carbocycles. The minimum Gasteiger partial charge on any atom is -0.406 e. The Kier molecular flexibility index (Phi) is 4.65. The van der Waals surface area contributed by atoms with E-state index in [1.54, 1.807) is 0 Å². The standard InChI is InChI=1S/C13H16F3NO3/c1-12(2,19)8-17(3)11(18)9-5-4-6-10(7-9)20-13(14,15)16/h4-7,19H,8H2,1-3H3. The van der Waals surface area contributed by atoms with E-state index >= 15 is 0 Å². The smallest absolute Gasteiger partial charge is 0.406 e. The fourth-order valence-electron chi connectivity index (χ4n) is 1.70. The van der Waals surface area contributed by atoms with E-state index in [1.807, 2.05) is 0 Å². The van der Waals surface area contributed by atoms with Crippen molar-refractivity contribution in [3.05, 3.63) is 29.8 Å². The molecular formula is C13H16F3NO3. The number of amides is 1. The highest BCUT2D eigenvalue weighted by Crippen LogP contribution is 2.23. The van der Waals surface area contributed by atoms with Crippen LogP contribution in [0.4, 0.5) is 13.2 Å². The molecule has 0 aromatic heterocycles. The van der Waals surface area contributed by atoms with Crippen molar-refractivity contribution in [2.45, 2.75) is 25.8 Å². The van der Waals surface area contributed by atoms with Crippen LogP contribution in [-0.2, 0) is 0 Å². The minimum atomic E-state index is -4.80. The lowest BCUT2D eigenvalue weighted by Gasteiger charge is -2.25. The Hall–Kier alpha value is -1.76. The number of hydrogen-bond acceptors (Lipinski definition) is 3. The van der Waals surface area contributed by atoms with Gasteiger partial charge in [-0.2, -0.15) is 0 Å². The van der Waals surface area contributed by atoms with Crippen molar-refractivity contribution in [3.63, 3.8) is 0 Å². The molecule has 0 aliphatic heterocycles. The Morgan fingerprint density at radius 1 is 1.35 bits per heavy atom. The van der Waals surface area contributed by atoms with Gasteiger partial charge in [-0.05, 0) is 32.0 Å². The summed E-state index contributed by atoms with van der Waals surface area (Å²) in [7, 11) is 1.46. The number of halogens is 3. The van der Waals surface area contributed by atoms with Crippen molar-refractivity contribution in [3.8, 4) is 5.75 Å². The van der Waals surface area contributed by atoms with Gasteiger partial charge in [-0.3, -0.25) is 4.79 Å². The van der Waals surface area contributed by atoms with Gasteiger partial charge in [-0.25, -0.2) is 0 Å². The molecule has 1 aromatic rings. The molecule has 0 atom stereocenters. The molecular weight excluding hydrogens is 275 g/mol. The first-order valence-corrected chi connectivity index (χ1v) is 5.81. The van der Waals surface area contributed by atoms with Crippen molar-refractivity contribution in [2.24, 2.45) is 0 Å². The van der Waals surface area contributed by atoms with Crippen LogP contribution in [0.1, 0.15) is 24.2 Å². The maximum atomic E-state index is 12.1. The summed E-state index contributed by atoms with van der Waals surface area (Å²) in [6, 6.07) is 4.80. The molecule has 0 heterocycles. The van der Waals surface area contributed by atoms with Crippen molar-refractivity contribution in [1.82, 2.24) is 4.90 Å². The van der Waals surface area contributed by atoms with Crippen LogP contribution in [0, 0.1) is 0 Å². The van der Waals surface area contributed by atoms with Crippen molar-refractivity contribution >= 4 is 5.91 Å². The van der Waals surface area contributed by atoms with Crippen LogP contribution in [-0.4, -0.2) is 41.5 Å². The summed E-state index contributed by atoms with van der Waals surface area (Å²) in [6.07, 6.45) is -4.80. The first-order valence-electron chi connectivity index (χ1n) is 5.81. The van der Waals surface area contributed by atoms with Gasteiger partial charge in [0.05, 0.1) is 5.60 Å². The van der Waals surface area contributed by atoms with Crippen LogP contribution in [0.2, 0.25) is 0 Å². The van der Waals surface area contributed by atoms with Gasteiger partial charge in [-0.1, -0.05) is 6.07 Å². The van der Waals surface area contributed by atoms with Gasteiger partial charge in [0.15, 0.2) is 0 Å². The highest BCUT2D eigenvalue weighted by Gasteiger charge is 2.31. The molecule has 0 saturated heterocycles. The molecule has 1 amide bonds. The van der Waals surface area contributed by atoms with Gasteiger partial charge >= 0.3 is 6.36 Å². The van der Waals surface area contributed by atoms with Crippen molar-refractivity contribution in [1.29, 1.82) is 0 Å². The van der Waals surface area contributed by atoms with Gasteiger partial charge in [0, 0.05) is 19.2 Å². The van der Waals surface area contributed by atoms with Gasteiger partial charge in [-0.15, -0.1) is 13.2 Å². The van der Waals surface area contributed by atoms with Crippen LogP contribution in [0.5, 0.6) is 5.75 Å². The number of carbonyl (C=O) groups is 1. The Morgan fingerprint density at radius 3 is 2.45 bits per heavy atom. The molecule has 0 spiro atoms. The maximum absolute atomic E-state index is 12.1.